The van der Waals surface area contributed by atoms with Gasteiger partial charge in [0.15, 0.2) is 0 Å². The second-order valence-electron chi connectivity index (χ2n) is 6.79. The number of carbonyl (C=O) groups excluding carboxylic acids is 1. The zero-order valence-electron chi connectivity index (χ0n) is 14.3. The molecular weight excluding hydrogens is 296 g/mol. The van der Waals surface area contributed by atoms with Crippen molar-refractivity contribution in [1.29, 1.82) is 0 Å². The van der Waals surface area contributed by atoms with E-state index in [0.29, 0.717) is 5.92 Å². The van der Waals surface area contributed by atoms with Gasteiger partial charge in [0.25, 0.3) is 0 Å². The van der Waals surface area contributed by atoms with Gasteiger partial charge in [0.05, 0.1) is 0 Å². The van der Waals surface area contributed by atoms with Crippen molar-refractivity contribution in [3.05, 3.63) is 71.8 Å². The van der Waals surface area contributed by atoms with Crippen LogP contribution < -0.4 is 5.73 Å². The Morgan fingerprint density at radius 3 is 2.38 bits per heavy atom. The first-order valence-electron chi connectivity index (χ1n) is 8.78. The second kappa shape index (κ2) is 7.63. The summed E-state index contributed by atoms with van der Waals surface area (Å²) in [6.07, 6.45) is 4.46. The molecule has 24 heavy (non-hydrogen) atoms. The van der Waals surface area contributed by atoms with E-state index in [2.05, 4.69) is 24.3 Å². The van der Waals surface area contributed by atoms with Crippen molar-refractivity contribution in [2.45, 2.75) is 37.8 Å². The third-order valence-electron chi connectivity index (χ3n) is 5.23. The molecule has 1 aliphatic rings. The number of hydrogen-bond donors (Lipinski definition) is 1. The first-order chi connectivity index (χ1) is 11.7. The molecule has 2 aromatic carbocycles. The molecule has 126 valence electrons. The van der Waals surface area contributed by atoms with Crippen LogP contribution in [-0.4, -0.2) is 23.9 Å². The summed E-state index contributed by atoms with van der Waals surface area (Å²) < 4.78 is 0. The molecule has 3 heteroatoms. The minimum atomic E-state index is -0.575. The molecule has 3 unspecified atom stereocenters. The van der Waals surface area contributed by atoms with Crippen LogP contribution in [0, 0.1) is 5.92 Å². The van der Waals surface area contributed by atoms with Gasteiger partial charge in [0.1, 0.15) is 6.04 Å². The predicted molar refractivity (Wildman–Crippen MR) is 97.4 cm³/mol. The number of nitrogens with zero attached hydrogens (tertiary/aromatic N) is 1. The summed E-state index contributed by atoms with van der Waals surface area (Å²) in [5.41, 5.74) is 8.44. The third-order valence-corrected chi connectivity index (χ3v) is 5.23. The highest BCUT2D eigenvalue weighted by Crippen LogP contribution is 2.33. The van der Waals surface area contributed by atoms with E-state index < -0.39 is 6.04 Å². The van der Waals surface area contributed by atoms with E-state index in [-0.39, 0.29) is 11.9 Å². The third kappa shape index (κ3) is 3.68. The lowest BCUT2D eigenvalue weighted by molar-refractivity contribution is -0.134. The highest BCUT2D eigenvalue weighted by atomic mass is 16.2. The van der Waals surface area contributed by atoms with Gasteiger partial charge in [0.2, 0.25) is 5.91 Å². The Labute approximate surface area is 144 Å². The maximum atomic E-state index is 12.8. The molecule has 0 aliphatic heterocycles. The summed E-state index contributed by atoms with van der Waals surface area (Å²) in [5.74, 6) is 0.537. The molecular formula is C21H26N2O. The number of nitrogens with two attached hydrogens (primary N) is 1. The molecule has 1 fully saturated rings. The van der Waals surface area contributed by atoms with Crippen molar-refractivity contribution >= 4 is 5.91 Å². The van der Waals surface area contributed by atoms with Crippen LogP contribution in [0.3, 0.4) is 0 Å². The minimum Gasteiger partial charge on any atom is -0.341 e. The molecule has 2 aromatic rings. The van der Waals surface area contributed by atoms with Crippen LogP contribution in [-0.2, 0) is 11.2 Å². The first kappa shape index (κ1) is 16.7. The summed E-state index contributed by atoms with van der Waals surface area (Å²) >= 11 is 0. The monoisotopic (exact) mass is 322 g/mol. The van der Waals surface area contributed by atoms with E-state index >= 15 is 0 Å². The van der Waals surface area contributed by atoms with Gasteiger partial charge >= 0.3 is 0 Å². The van der Waals surface area contributed by atoms with E-state index in [1.54, 1.807) is 0 Å². The van der Waals surface area contributed by atoms with E-state index in [1.807, 2.05) is 48.3 Å². The topological polar surface area (TPSA) is 46.3 Å². The molecule has 0 spiro atoms. The van der Waals surface area contributed by atoms with Crippen LogP contribution in [0.15, 0.2) is 60.7 Å². The summed E-state index contributed by atoms with van der Waals surface area (Å²) in [4.78, 5) is 14.7. The smallest absolute Gasteiger partial charge is 0.244 e. The molecule has 0 aromatic heterocycles. The summed E-state index contributed by atoms with van der Waals surface area (Å²) in [6.45, 7) is 0. The Hall–Kier alpha value is -2.13. The quantitative estimate of drug-likeness (QED) is 0.915. The highest BCUT2D eigenvalue weighted by molar-refractivity contribution is 5.83. The molecule has 0 radical (unpaired) electrons. The van der Waals surface area contributed by atoms with Crippen LogP contribution >= 0.6 is 0 Å². The summed E-state index contributed by atoms with van der Waals surface area (Å²) in [5, 5.41) is 0. The van der Waals surface area contributed by atoms with Crippen molar-refractivity contribution < 1.29 is 4.79 Å². The molecule has 3 atom stereocenters. The van der Waals surface area contributed by atoms with Crippen molar-refractivity contribution in [2.75, 3.05) is 7.05 Å². The lowest BCUT2D eigenvalue weighted by atomic mass is 9.93. The Morgan fingerprint density at radius 2 is 1.71 bits per heavy atom. The normalized spacial score (nSPS) is 21.4. The fraction of sp³-hybridized carbons (Fsp3) is 0.381. The SMILES string of the molecule is CN(C(=O)C(N)c1ccccc1)C1CCCC1Cc1ccccc1. The Kier molecular flexibility index (Phi) is 5.31. The molecule has 3 rings (SSSR count). The fourth-order valence-electron chi connectivity index (χ4n) is 3.87. The molecule has 1 saturated carbocycles. The van der Waals surface area contributed by atoms with Crippen LogP contribution in [0.1, 0.15) is 36.4 Å². The Balaban J connectivity index is 1.68. The van der Waals surface area contributed by atoms with Crippen molar-refractivity contribution in [1.82, 2.24) is 4.90 Å². The number of rotatable bonds is 5. The van der Waals surface area contributed by atoms with Crippen molar-refractivity contribution in [3.8, 4) is 0 Å². The minimum absolute atomic E-state index is 0.0196. The number of amides is 1. The van der Waals surface area contributed by atoms with Crippen LogP contribution in [0.25, 0.3) is 0 Å². The lowest BCUT2D eigenvalue weighted by Gasteiger charge is -2.32. The van der Waals surface area contributed by atoms with E-state index in [9.17, 15) is 4.79 Å². The second-order valence-corrected chi connectivity index (χ2v) is 6.79. The van der Waals surface area contributed by atoms with Gasteiger partial charge in [-0.15, -0.1) is 0 Å². The molecule has 0 saturated heterocycles. The highest BCUT2D eigenvalue weighted by Gasteiger charge is 2.34. The first-order valence-corrected chi connectivity index (χ1v) is 8.78. The summed E-state index contributed by atoms with van der Waals surface area (Å²) in [7, 11) is 1.92. The van der Waals surface area contributed by atoms with Gasteiger partial charge in [-0.25, -0.2) is 0 Å². The average molecular weight is 322 g/mol. The molecule has 0 heterocycles. The van der Waals surface area contributed by atoms with Crippen molar-refractivity contribution in [2.24, 2.45) is 11.7 Å². The maximum absolute atomic E-state index is 12.8. The van der Waals surface area contributed by atoms with Crippen LogP contribution in [0.5, 0.6) is 0 Å². The van der Waals surface area contributed by atoms with E-state index in [0.717, 1.165) is 18.4 Å². The number of likely N-dealkylation sites (N-methyl/N-ethyl adjacent to an activating group) is 1. The molecule has 3 nitrogen and oxygen atoms in total. The zero-order valence-corrected chi connectivity index (χ0v) is 14.3. The number of benzene rings is 2. The number of carbonyl (C=O) groups is 1. The molecule has 2 N–H and O–H groups in total. The summed E-state index contributed by atoms with van der Waals surface area (Å²) in [6, 6.07) is 19.9. The van der Waals surface area contributed by atoms with Gasteiger partial charge < -0.3 is 10.6 Å². The van der Waals surface area contributed by atoms with E-state index in [1.165, 1.54) is 18.4 Å². The van der Waals surface area contributed by atoms with Gasteiger partial charge in [-0.2, -0.15) is 0 Å². The number of hydrogen-bond acceptors (Lipinski definition) is 2. The average Bonchev–Trinajstić information content (AvgIpc) is 3.09. The Bertz CT molecular complexity index is 656. The maximum Gasteiger partial charge on any atom is 0.244 e. The van der Waals surface area contributed by atoms with Gasteiger partial charge in [-0.1, -0.05) is 67.1 Å². The zero-order chi connectivity index (χ0) is 16.9. The van der Waals surface area contributed by atoms with E-state index in [4.69, 9.17) is 5.73 Å². The molecule has 0 bridgehead atoms. The fourth-order valence-corrected chi connectivity index (χ4v) is 3.87. The lowest BCUT2D eigenvalue weighted by Crippen LogP contribution is -2.44. The van der Waals surface area contributed by atoms with Crippen molar-refractivity contribution in [3.63, 3.8) is 0 Å². The van der Waals surface area contributed by atoms with Gasteiger partial charge in [-0.05, 0) is 36.3 Å². The molecule has 1 amide bonds. The standard InChI is InChI=1S/C21H26N2O/c1-23(21(24)20(22)17-11-6-3-7-12-17)19-14-8-13-18(19)15-16-9-4-2-5-10-16/h2-7,9-12,18-20H,8,13-15,22H2,1H3. The Morgan fingerprint density at radius 1 is 1.08 bits per heavy atom. The molecule has 1 aliphatic carbocycles. The van der Waals surface area contributed by atoms with Crippen LogP contribution in [0.2, 0.25) is 0 Å². The van der Waals surface area contributed by atoms with Crippen LogP contribution in [0.4, 0.5) is 0 Å². The van der Waals surface area contributed by atoms with Gasteiger partial charge in [-0.3, -0.25) is 4.79 Å². The predicted octanol–water partition coefficient (Wildman–Crippen LogP) is 3.56. The largest absolute Gasteiger partial charge is 0.341 e. The van der Waals surface area contributed by atoms with Gasteiger partial charge in [0, 0.05) is 13.1 Å².